The average molecular weight is 645 g/mol. The summed E-state index contributed by atoms with van der Waals surface area (Å²) in [7, 11) is 0. The molecule has 0 fully saturated rings. The average Bonchev–Trinajstić information content (AvgIpc) is 3.74. The van der Waals surface area contributed by atoms with Gasteiger partial charge in [-0.15, -0.1) is 0 Å². The van der Waals surface area contributed by atoms with E-state index in [1.165, 1.54) is 16.5 Å². The minimum atomic E-state index is -0.210. The van der Waals surface area contributed by atoms with Crippen molar-refractivity contribution in [3.8, 4) is 16.8 Å². The van der Waals surface area contributed by atoms with E-state index in [4.69, 9.17) is 9.41 Å². The molecule has 0 saturated heterocycles. The molecule has 1 aliphatic heterocycles. The molecular formula is C45H32N4O. The molecule has 0 spiro atoms. The molecule has 50 heavy (non-hydrogen) atoms. The molecule has 0 radical (unpaired) electrons. The number of para-hydroxylation sites is 1. The maximum atomic E-state index is 6.68. The number of hydrogen-bond donors (Lipinski definition) is 2. The first-order valence-electron chi connectivity index (χ1n) is 17.0. The molecule has 0 bridgehead atoms. The second-order valence-electron chi connectivity index (χ2n) is 12.9. The van der Waals surface area contributed by atoms with E-state index in [9.17, 15) is 0 Å². The van der Waals surface area contributed by atoms with Crippen LogP contribution in [0, 0.1) is 0 Å². The van der Waals surface area contributed by atoms with E-state index in [0.29, 0.717) is 0 Å². The van der Waals surface area contributed by atoms with Gasteiger partial charge in [-0.05, 0) is 52.6 Å². The lowest BCUT2D eigenvalue weighted by Gasteiger charge is -2.32. The number of hydrogen-bond acceptors (Lipinski definition) is 4. The van der Waals surface area contributed by atoms with E-state index in [1.807, 2.05) is 18.2 Å². The number of amidine groups is 1. The molecule has 2 atom stereocenters. The van der Waals surface area contributed by atoms with Crippen molar-refractivity contribution < 1.29 is 4.42 Å². The van der Waals surface area contributed by atoms with Crippen LogP contribution in [0.1, 0.15) is 29.0 Å². The Labute approximate surface area is 289 Å². The quantitative estimate of drug-likeness (QED) is 0.196. The zero-order valence-corrected chi connectivity index (χ0v) is 27.1. The molecule has 0 amide bonds. The first-order valence-corrected chi connectivity index (χ1v) is 17.0. The van der Waals surface area contributed by atoms with E-state index in [0.717, 1.165) is 66.6 Å². The Balaban J connectivity index is 1.20. The fraction of sp³-hybridized carbons (Fsp3) is 0.0444. The Morgan fingerprint density at radius 1 is 0.520 bits per heavy atom. The smallest absolute Gasteiger partial charge is 0.160 e. The molecule has 2 aromatic heterocycles. The highest BCUT2D eigenvalue weighted by molar-refractivity contribution is 6.21. The lowest BCUT2D eigenvalue weighted by atomic mass is 10.0. The second kappa shape index (κ2) is 11.6. The molecule has 5 nitrogen and oxygen atoms in total. The zero-order valence-electron chi connectivity index (χ0n) is 27.1. The van der Waals surface area contributed by atoms with Crippen LogP contribution < -0.4 is 10.6 Å². The lowest BCUT2D eigenvalue weighted by molar-refractivity contribution is 0.409. The fourth-order valence-electron chi connectivity index (χ4n) is 7.48. The van der Waals surface area contributed by atoms with Gasteiger partial charge in [0.15, 0.2) is 5.58 Å². The van der Waals surface area contributed by atoms with E-state index >= 15 is 0 Å². The van der Waals surface area contributed by atoms with Crippen molar-refractivity contribution in [3.05, 3.63) is 187 Å². The number of benzene rings is 7. The van der Waals surface area contributed by atoms with E-state index < -0.39 is 0 Å². The summed E-state index contributed by atoms with van der Waals surface area (Å²) in [5.41, 5.74) is 10.6. The highest BCUT2D eigenvalue weighted by Gasteiger charge is 2.26. The normalized spacial score (nSPS) is 16.2. The summed E-state index contributed by atoms with van der Waals surface area (Å²) in [6, 6.07) is 59.7. The minimum absolute atomic E-state index is 0.116. The van der Waals surface area contributed by atoms with Gasteiger partial charge in [-0.1, -0.05) is 140 Å². The topological polar surface area (TPSA) is 54.5 Å². The van der Waals surface area contributed by atoms with Crippen LogP contribution >= 0.6 is 0 Å². The third-order valence-electron chi connectivity index (χ3n) is 9.87. The number of fused-ring (bicyclic) bond motifs is 7. The number of rotatable bonds is 5. The van der Waals surface area contributed by atoms with Crippen molar-refractivity contribution >= 4 is 49.6 Å². The molecular weight excluding hydrogens is 613 g/mol. The summed E-state index contributed by atoms with van der Waals surface area (Å²) in [5, 5.41) is 12.0. The molecule has 2 unspecified atom stereocenters. The maximum absolute atomic E-state index is 6.68. The predicted molar refractivity (Wildman–Crippen MR) is 205 cm³/mol. The molecule has 3 heterocycles. The Hall–Kier alpha value is -6.43. The van der Waals surface area contributed by atoms with Gasteiger partial charge in [-0.3, -0.25) is 5.32 Å². The molecule has 7 aromatic carbocycles. The summed E-state index contributed by atoms with van der Waals surface area (Å²) >= 11 is 0. The van der Waals surface area contributed by atoms with Crippen molar-refractivity contribution in [3.63, 3.8) is 0 Å². The number of nitrogens with zero attached hydrogens (tertiary/aromatic N) is 2. The highest BCUT2D eigenvalue weighted by Crippen LogP contribution is 2.41. The molecule has 5 heteroatoms. The van der Waals surface area contributed by atoms with Gasteiger partial charge in [-0.25, -0.2) is 4.99 Å². The van der Waals surface area contributed by atoms with Gasteiger partial charge in [0.05, 0.1) is 11.0 Å². The number of aromatic nitrogens is 1. The van der Waals surface area contributed by atoms with Crippen molar-refractivity contribution in [1.29, 1.82) is 0 Å². The van der Waals surface area contributed by atoms with E-state index in [-0.39, 0.29) is 12.3 Å². The van der Waals surface area contributed by atoms with Crippen LogP contribution in [0.3, 0.4) is 0 Å². The second-order valence-corrected chi connectivity index (χ2v) is 12.9. The molecule has 0 aliphatic carbocycles. The first kappa shape index (κ1) is 28.6. The van der Waals surface area contributed by atoms with Crippen LogP contribution in [-0.2, 0) is 0 Å². The number of aliphatic imine (C=N–C) groups is 1. The van der Waals surface area contributed by atoms with Gasteiger partial charge >= 0.3 is 0 Å². The van der Waals surface area contributed by atoms with Gasteiger partial charge < -0.3 is 14.3 Å². The van der Waals surface area contributed by atoms with Crippen LogP contribution in [-0.4, -0.2) is 10.4 Å². The van der Waals surface area contributed by atoms with Gasteiger partial charge in [0.25, 0.3) is 0 Å². The molecule has 238 valence electrons. The van der Waals surface area contributed by atoms with Crippen LogP contribution in [0.2, 0.25) is 0 Å². The van der Waals surface area contributed by atoms with Crippen LogP contribution in [0.4, 0.5) is 0 Å². The summed E-state index contributed by atoms with van der Waals surface area (Å²) < 4.78 is 9.05. The van der Waals surface area contributed by atoms with Gasteiger partial charge in [0.1, 0.15) is 23.8 Å². The zero-order chi connectivity index (χ0) is 33.0. The summed E-state index contributed by atoms with van der Waals surface area (Å²) in [4.78, 5) is 5.24. The third kappa shape index (κ3) is 4.71. The Kier molecular flexibility index (Phi) is 6.64. The monoisotopic (exact) mass is 644 g/mol. The molecule has 0 saturated carbocycles. The van der Waals surface area contributed by atoms with Crippen LogP contribution in [0.5, 0.6) is 0 Å². The Morgan fingerprint density at radius 3 is 2.02 bits per heavy atom. The third-order valence-corrected chi connectivity index (χ3v) is 9.87. The van der Waals surface area contributed by atoms with Crippen molar-refractivity contribution in [2.45, 2.75) is 12.3 Å². The minimum Gasteiger partial charge on any atom is -0.454 e. The molecule has 10 rings (SSSR count). The molecule has 2 N–H and O–H groups in total. The van der Waals surface area contributed by atoms with Crippen molar-refractivity contribution in [1.82, 2.24) is 15.2 Å². The van der Waals surface area contributed by atoms with Gasteiger partial charge in [0.2, 0.25) is 0 Å². The standard InChI is InChI=1S/C45H32N4O/c1-4-13-29(14-5-1)32-23-24-35-37-25-26-38-36-21-10-11-22-40(36)50-42(38)41(37)49(39(35)28-32)34-20-12-19-33(27-34)45-47-43(30-15-6-2-7-16-30)46-44(48-45)31-17-8-3-9-18-31/h1-28,43-44,46H,(H,47,48). The largest absolute Gasteiger partial charge is 0.454 e. The highest BCUT2D eigenvalue weighted by atomic mass is 16.3. The first-order chi connectivity index (χ1) is 24.8. The predicted octanol–water partition coefficient (Wildman–Crippen LogP) is 10.7. The van der Waals surface area contributed by atoms with E-state index in [1.54, 1.807) is 0 Å². The van der Waals surface area contributed by atoms with Gasteiger partial charge in [0, 0.05) is 32.8 Å². The molecule has 1 aliphatic rings. The SMILES string of the molecule is c1ccc(-c2ccc3c4ccc5c6ccccc6oc5c4n(-c4cccc(C5=NC(c6ccccc6)NC(c6ccccc6)N5)c4)c3c2)cc1. The molecule has 9 aromatic rings. The summed E-state index contributed by atoms with van der Waals surface area (Å²) in [5.74, 6) is 0.841. The summed E-state index contributed by atoms with van der Waals surface area (Å²) in [6.07, 6.45) is -0.326. The van der Waals surface area contributed by atoms with Crippen molar-refractivity contribution in [2.24, 2.45) is 4.99 Å². The van der Waals surface area contributed by atoms with Crippen LogP contribution in [0.25, 0.3) is 60.6 Å². The van der Waals surface area contributed by atoms with E-state index in [2.05, 4.69) is 167 Å². The van der Waals surface area contributed by atoms with Gasteiger partial charge in [-0.2, -0.15) is 0 Å². The Bertz CT molecular complexity index is 2710. The maximum Gasteiger partial charge on any atom is 0.160 e. The fourth-order valence-corrected chi connectivity index (χ4v) is 7.48. The van der Waals surface area contributed by atoms with Crippen LogP contribution in [0.15, 0.2) is 179 Å². The van der Waals surface area contributed by atoms with Crippen molar-refractivity contribution in [2.75, 3.05) is 0 Å². The Morgan fingerprint density at radius 2 is 1.20 bits per heavy atom. The number of nitrogens with one attached hydrogen (secondary N) is 2. The number of furan rings is 1. The summed E-state index contributed by atoms with van der Waals surface area (Å²) in [6.45, 7) is 0. The lowest BCUT2D eigenvalue weighted by Crippen LogP contribution is -2.44.